The summed E-state index contributed by atoms with van der Waals surface area (Å²) in [6.07, 6.45) is 0.332. The zero-order valence-electron chi connectivity index (χ0n) is 12.5. The summed E-state index contributed by atoms with van der Waals surface area (Å²) in [7, 11) is 0. The summed E-state index contributed by atoms with van der Waals surface area (Å²) in [4.78, 5) is 26.1. The SMILES string of the molecule is Cc1ccc(C(C)N2CCC(=O)NC(C(C)C)C2=O)o1. The third-order valence-corrected chi connectivity index (χ3v) is 3.75. The van der Waals surface area contributed by atoms with E-state index in [2.05, 4.69) is 5.32 Å². The molecule has 20 heavy (non-hydrogen) atoms. The van der Waals surface area contributed by atoms with E-state index in [1.54, 1.807) is 4.90 Å². The number of aryl methyl sites for hydroxylation is 1. The Balaban J connectivity index is 2.24. The molecule has 1 fully saturated rings. The van der Waals surface area contributed by atoms with Crippen molar-refractivity contribution in [3.8, 4) is 0 Å². The van der Waals surface area contributed by atoms with Crippen LogP contribution in [0.5, 0.6) is 0 Å². The van der Waals surface area contributed by atoms with Gasteiger partial charge in [0.25, 0.3) is 0 Å². The lowest BCUT2D eigenvalue weighted by atomic mass is 10.0. The van der Waals surface area contributed by atoms with Crippen molar-refractivity contribution in [1.82, 2.24) is 10.2 Å². The van der Waals surface area contributed by atoms with Gasteiger partial charge < -0.3 is 14.6 Å². The molecule has 5 heteroatoms. The molecule has 1 saturated heterocycles. The van der Waals surface area contributed by atoms with Gasteiger partial charge in [0.05, 0.1) is 6.04 Å². The first-order valence-electron chi connectivity index (χ1n) is 7.06. The first kappa shape index (κ1) is 14.6. The van der Waals surface area contributed by atoms with E-state index >= 15 is 0 Å². The Labute approximate surface area is 119 Å². The molecule has 2 atom stereocenters. The molecule has 2 heterocycles. The number of carbonyl (C=O) groups excluding carboxylic acids is 2. The smallest absolute Gasteiger partial charge is 0.246 e. The fraction of sp³-hybridized carbons (Fsp3) is 0.600. The van der Waals surface area contributed by atoms with Crippen LogP contribution in [0, 0.1) is 12.8 Å². The molecule has 1 aliphatic heterocycles. The number of amides is 2. The molecule has 1 N–H and O–H groups in total. The first-order chi connectivity index (χ1) is 9.40. The van der Waals surface area contributed by atoms with Gasteiger partial charge in [0, 0.05) is 13.0 Å². The van der Waals surface area contributed by atoms with Crippen molar-refractivity contribution in [1.29, 1.82) is 0 Å². The van der Waals surface area contributed by atoms with Gasteiger partial charge in [-0.05, 0) is 31.9 Å². The van der Waals surface area contributed by atoms with Crippen LogP contribution in [0.1, 0.15) is 44.8 Å². The van der Waals surface area contributed by atoms with Gasteiger partial charge in [0.2, 0.25) is 11.8 Å². The van der Waals surface area contributed by atoms with E-state index < -0.39 is 6.04 Å². The summed E-state index contributed by atoms with van der Waals surface area (Å²) in [6.45, 7) is 8.11. The van der Waals surface area contributed by atoms with Crippen LogP contribution in [-0.2, 0) is 9.59 Å². The molecule has 0 radical (unpaired) electrons. The highest BCUT2D eigenvalue weighted by atomic mass is 16.3. The summed E-state index contributed by atoms with van der Waals surface area (Å²) >= 11 is 0. The average molecular weight is 278 g/mol. The van der Waals surface area contributed by atoms with E-state index in [0.29, 0.717) is 13.0 Å². The molecule has 2 amide bonds. The number of carbonyl (C=O) groups is 2. The Kier molecular flexibility index (Phi) is 4.16. The Morgan fingerprint density at radius 3 is 2.55 bits per heavy atom. The van der Waals surface area contributed by atoms with Crippen molar-refractivity contribution in [2.75, 3.05) is 6.54 Å². The zero-order chi connectivity index (χ0) is 14.9. The van der Waals surface area contributed by atoms with E-state index in [0.717, 1.165) is 11.5 Å². The van der Waals surface area contributed by atoms with Gasteiger partial charge in [-0.15, -0.1) is 0 Å². The maximum Gasteiger partial charge on any atom is 0.246 e. The molecule has 5 nitrogen and oxygen atoms in total. The topological polar surface area (TPSA) is 62.6 Å². The van der Waals surface area contributed by atoms with Crippen molar-refractivity contribution in [2.24, 2.45) is 5.92 Å². The van der Waals surface area contributed by atoms with Crippen LogP contribution in [0.2, 0.25) is 0 Å². The fourth-order valence-corrected chi connectivity index (χ4v) is 2.49. The van der Waals surface area contributed by atoms with Crippen LogP contribution in [0.4, 0.5) is 0 Å². The molecular formula is C15H22N2O3. The normalized spacial score (nSPS) is 21.9. The number of nitrogens with one attached hydrogen (secondary N) is 1. The summed E-state index contributed by atoms with van der Waals surface area (Å²) < 4.78 is 5.61. The number of nitrogens with zero attached hydrogens (tertiary/aromatic N) is 1. The molecule has 2 rings (SSSR count). The predicted molar refractivity (Wildman–Crippen MR) is 75.0 cm³/mol. The lowest BCUT2D eigenvalue weighted by Crippen LogP contribution is -2.48. The molecule has 0 saturated carbocycles. The van der Waals surface area contributed by atoms with Gasteiger partial charge >= 0.3 is 0 Å². The molecule has 2 unspecified atom stereocenters. The van der Waals surface area contributed by atoms with E-state index in [-0.39, 0.29) is 23.8 Å². The predicted octanol–water partition coefficient (Wildman–Crippen LogP) is 2.02. The van der Waals surface area contributed by atoms with Crippen LogP contribution in [0.3, 0.4) is 0 Å². The molecular weight excluding hydrogens is 256 g/mol. The fourth-order valence-electron chi connectivity index (χ4n) is 2.49. The second-order valence-corrected chi connectivity index (χ2v) is 5.70. The van der Waals surface area contributed by atoms with Crippen LogP contribution in [-0.4, -0.2) is 29.3 Å². The maximum absolute atomic E-state index is 12.6. The van der Waals surface area contributed by atoms with E-state index in [1.807, 2.05) is 39.8 Å². The maximum atomic E-state index is 12.6. The van der Waals surface area contributed by atoms with Crippen molar-refractivity contribution >= 4 is 11.8 Å². The van der Waals surface area contributed by atoms with Gasteiger partial charge in [0.1, 0.15) is 17.6 Å². The van der Waals surface area contributed by atoms with Crippen molar-refractivity contribution in [3.63, 3.8) is 0 Å². The van der Waals surface area contributed by atoms with Gasteiger partial charge in [-0.1, -0.05) is 13.8 Å². The summed E-state index contributed by atoms with van der Waals surface area (Å²) in [5.74, 6) is 1.55. The third kappa shape index (κ3) is 2.86. The minimum absolute atomic E-state index is 0.0348. The van der Waals surface area contributed by atoms with E-state index in [1.165, 1.54) is 0 Å². The highest BCUT2D eigenvalue weighted by Gasteiger charge is 2.35. The Morgan fingerprint density at radius 2 is 2.00 bits per heavy atom. The van der Waals surface area contributed by atoms with Crippen LogP contribution in [0.15, 0.2) is 16.5 Å². The Morgan fingerprint density at radius 1 is 1.30 bits per heavy atom. The Bertz CT molecular complexity index is 507. The summed E-state index contributed by atoms with van der Waals surface area (Å²) in [6, 6.07) is 3.16. The molecule has 110 valence electrons. The largest absolute Gasteiger partial charge is 0.464 e. The second kappa shape index (κ2) is 5.69. The number of hydrogen-bond donors (Lipinski definition) is 1. The van der Waals surface area contributed by atoms with Gasteiger partial charge in [-0.2, -0.15) is 0 Å². The second-order valence-electron chi connectivity index (χ2n) is 5.70. The van der Waals surface area contributed by atoms with Crippen LogP contribution in [0.25, 0.3) is 0 Å². The van der Waals surface area contributed by atoms with Gasteiger partial charge in [-0.25, -0.2) is 0 Å². The van der Waals surface area contributed by atoms with E-state index in [4.69, 9.17) is 4.42 Å². The molecule has 1 aromatic heterocycles. The lowest BCUT2D eigenvalue weighted by Gasteiger charge is -2.30. The van der Waals surface area contributed by atoms with Gasteiger partial charge in [0.15, 0.2) is 0 Å². The number of rotatable bonds is 3. The molecule has 0 spiro atoms. The lowest BCUT2D eigenvalue weighted by molar-refractivity contribution is -0.136. The Hall–Kier alpha value is -1.78. The monoisotopic (exact) mass is 278 g/mol. The first-order valence-corrected chi connectivity index (χ1v) is 7.06. The number of furan rings is 1. The number of hydrogen-bond acceptors (Lipinski definition) is 3. The van der Waals surface area contributed by atoms with Crippen LogP contribution >= 0.6 is 0 Å². The zero-order valence-corrected chi connectivity index (χ0v) is 12.5. The highest BCUT2D eigenvalue weighted by molar-refractivity contribution is 5.90. The molecule has 0 aromatic carbocycles. The summed E-state index contributed by atoms with van der Waals surface area (Å²) in [5.41, 5.74) is 0. The third-order valence-electron chi connectivity index (χ3n) is 3.75. The molecule has 1 aromatic rings. The van der Waals surface area contributed by atoms with Crippen molar-refractivity contribution in [3.05, 3.63) is 23.7 Å². The van der Waals surface area contributed by atoms with Crippen LogP contribution < -0.4 is 5.32 Å². The van der Waals surface area contributed by atoms with E-state index in [9.17, 15) is 9.59 Å². The van der Waals surface area contributed by atoms with Gasteiger partial charge in [-0.3, -0.25) is 9.59 Å². The van der Waals surface area contributed by atoms with Crippen molar-refractivity contribution in [2.45, 2.75) is 46.2 Å². The quantitative estimate of drug-likeness (QED) is 0.920. The highest BCUT2D eigenvalue weighted by Crippen LogP contribution is 2.25. The standard InChI is InChI=1S/C15H22N2O3/c1-9(2)14-15(19)17(8-7-13(18)16-14)11(4)12-6-5-10(3)20-12/h5-6,9,11,14H,7-8H2,1-4H3,(H,16,18). The molecule has 0 aliphatic carbocycles. The average Bonchev–Trinajstić information content (AvgIpc) is 2.75. The summed E-state index contributed by atoms with van der Waals surface area (Å²) in [5, 5.41) is 2.81. The molecule has 1 aliphatic rings. The minimum Gasteiger partial charge on any atom is -0.464 e. The van der Waals surface area contributed by atoms with Crippen molar-refractivity contribution < 1.29 is 14.0 Å². The minimum atomic E-state index is -0.455. The molecule has 0 bridgehead atoms.